The first-order chi connectivity index (χ1) is 9.91. The summed E-state index contributed by atoms with van der Waals surface area (Å²) < 4.78 is 28.3. The quantitative estimate of drug-likeness (QED) is 0.912. The molecule has 0 radical (unpaired) electrons. The highest BCUT2D eigenvalue weighted by molar-refractivity contribution is 7.90. The Labute approximate surface area is 124 Å². The molecule has 0 saturated carbocycles. The first-order valence-electron chi connectivity index (χ1n) is 6.55. The van der Waals surface area contributed by atoms with E-state index in [0.29, 0.717) is 12.4 Å². The minimum absolute atomic E-state index is 0.277. The van der Waals surface area contributed by atoms with E-state index in [0.717, 1.165) is 11.1 Å². The van der Waals surface area contributed by atoms with Gasteiger partial charge in [-0.05, 0) is 36.2 Å². The second-order valence-corrected chi connectivity index (χ2v) is 6.72. The van der Waals surface area contributed by atoms with E-state index in [4.69, 9.17) is 10.5 Å². The van der Waals surface area contributed by atoms with Gasteiger partial charge in [0.05, 0.1) is 23.7 Å². The maximum absolute atomic E-state index is 11.4. The molecule has 0 amide bonds. The molecular weight excluding hydrogens is 288 g/mol. The van der Waals surface area contributed by atoms with Crippen LogP contribution in [-0.4, -0.2) is 26.3 Å². The Hall–Kier alpha value is -1.92. The molecular formula is C15H18N2O3S. The Morgan fingerprint density at radius 1 is 1.19 bits per heavy atom. The van der Waals surface area contributed by atoms with Crippen LogP contribution in [0.5, 0.6) is 5.75 Å². The van der Waals surface area contributed by atoms with E-state index in [1.807, 2.05) is 13.0 Å². The molecule has 1 heterocycles. The molecule has 112 valence electrons. The highest BCUT2D eigenvalue weighted by Gasteiger charge is 2.12. The van der Waals surface area contributed by atoms with Gasteiger partial charge in [-0.25, -0.2) is 8.42 Å². The van der Waals surface area contributed by atoms with Crippen LogP contribution in [0.25, 0.3) is 0 Å². The van der Waals surface area contributed by atoms with Crippen molar-refractivity contribution in [3.63, 3.8) is 0 Å². The van der Waals surface area contributed by atoms with Crippen LogP contribution >= 0.6 is 0 Å². The monoisotopic (exact) mass is 306 g/mol. The van der Waals surface area contributed by atoms with Crippen LogP contribution in [0.3, 0.4) is 0 Å². The van der Waals surface area contributed by atoms with E-state index in [1.165, 1.54) is 6.26 Å². The molecule has 0 bridgehead atoms. The maximum Gasteiger partial charge on any atom is 0.175 e. The number of hydrogen-bond acceptors (Lipinski definition) is 5. The zero-order valence-electron chi connectivity index (χ0n) is 12.0. The van der Waals surface area contributed by atoms with Gasteiger partial charge >= 0.3 is 0 Å². The maximum atomic E-state index is 11.4. The molecule has 5 nitrogen and oxygen atoms in total. The van der Waals surface area contributed by atoms with Crippen molar-refractivity contribution in [2.75, 3.05) is 12.9 Å². The van der Waals surface area contributed by atoms with Crippen molar-refractivity contribution in [1.82, 2.24) is 4.98 Å². The normalized spacial score (nSPS) is 12.9. The van der Waals surface area contributed by atoms with Crippen LogP contribution in [0.1, 0.15) is 24.1 Å². The molecule has 0 spiro atoms. The van der Waals surface area contributed by atoms with Gasteiger partial charge in [0.1, 0.15) is 5.75 Å². The van der Waals surface area contributed by atoms with Crippen molar-refractivity contribution in [1.29, 1.82) is 0 Å². The third-order valence-corrected chi connectivity index (χ3v) is 4.20. The first-order valence-corrected chi connectivity index (χ1v) is 8.44. The summed E-state index contributed by atoms with van der Waals surface area (Å²) in [7, 11) is -3.20. The summed E-state index contributed by atoms with van der Waals surface area (Å²) >= 11 is 0. The Kier molecular flexibility index (Phi) is 4.59. The summed E-state index contributed by atoms with van der Waals surface area (Å²) in [5, 5.41) is 0. The van der Waals surface area contributed by atoms with E-state index in [-0.39, 0.29) is 10.9 Å². The highest BCUT2D eigenvalue weighted by atomic mass is 32.2. The summed E-state index contributed by atoms with van der Waals surface area (Å²) in [5.41, 5.74) is 7.83. The number of pyridine rings is 1. The number of sulfone groups is 1. The van der Waals surface area contributed by atoms with Crippen molar-refractivity contribution >= 4 is 9.84 Å². The molecule has 2 aromatic rings. The van der Waals surface area contributed by atoms with E-state index < -0.39 is 9.84 Å². The lowest BCUT2D eigenvalue weighted by molar-refractivity contribution is 0.338. The standard InChI is InChI=1S/C15H18N2O3S/c1-3-20-13-8-12(9-17-10-13)15(16)11-4-6-14(7-5-11)21(2,18)19/h4-10,15H,3,16H2,1-2H3. The molecule has 0 fully saturated rings. The molecule has 6 heteroatoms. The van der Waals surface area contributed by atoms with Crippen molar-refractivity contribution in [3.8, 4) is 5.75 Å². The molecule has 2 rings (SSSR count). The Morgan fingerprint density at radius 3 is 2.43 bits per heavy atom. The van der Waals surface area contributed by atoms with Gasteiger partial charge in [0, 0.05) is 12.5 Å². The van der Waals surface area contributed by atoms with Crippen LogP contribution in [0.15, 0.2) is 47.6 Å². The number of nitrogens with zero attached hydrogens (tertiary/aromatic N) is 1. The predicted octanol–water partition coefficient (Wildman–Crippen LogP) is 1.93. The van der Waals surface area contributed by atoms with Crippen molar-refractivity contribution in [3.05, 3.63) is 53.9 Å². The summed E-state index contributed by atoms with van der Waals surface area (Å²) in [6, 6.07) is 8.01. The number of benzene rings is 1. The topological polar surface area (TPSA) is 82.3 Å². The van der Waals surface area contributed by atoms with Crippen LogP contribution < -0.4 is 10.5 Å². The molecule has 1 unspecified atom stereocenters. The fourth-order valence-electron chi connectivity index (χ4n) is 1.97. The number of nitrogens with two attached hydrogens (primary N) is 1. The Bertz CT molecular complexity index is 712. The van der Waals surface area contributed by atoms with E-state index in [9.17, 15) is 8.42 Å². The van der Waals surface area contributed by atoms with E-state index in [2.05, 4.69) is 4.98 Å². The molecule has 21 heavy (non-hydrogen) atoms. The molecule has 0 saturated heterocycles. The Balaban J connectivity index is 2.27. The van der Waals surface area contributed by atoms with Gasteiger partial charge in [-0.1, -0.05) is 12.1 Å². The lowest BCUT2D eigenvalue weighted by atomic mass is 10.0. The van der Waals surface area contributed by atoms with Crippen molar-refractivity contribution in [2.24, 2.45) is 5.73 Å². The van der Waals surface area contributed by atoms with Crippen LogP contribution in [-0.2, 0) is 9.84 Å². The van der Waals surface area contributed by atoms with Gasteiger partial charge in [-0.2, -0.15) is 0 Å². The molecule has 0 aliphatic rings. The average Bonchev–Trinajstić information content (AvgIpc) is 2.46. The summed E-state index contributed by atoms with van der Waals surface area (Å²) in [4.78, 5) is 4.38. The van der Waals surface area contributed by atoms with E-state index >= 15 is 0 Å². The van der Waals surface area contributed by atoms with Crippen molar-refractivity contribution < 1.29 is 13.2 Å². The fourth-order valence-corrected chi connectivity index (χ4v) is 2.60. The minimum atomic E-state index is -3.20. The molecule has 1 atom stereocenters. The van der Waals surface area contributed by atoms with Gasteiger partial charge in [0.15, 0.2) is 9.84 Å². The number of aromatic nitrogens is 1. The van der Waals surface area contributed by atoms with Gasteiger partial charge in [0.2, 0.25) is 0 Å². The smallest absolute Gasteiger partial charge is 0.175 e. The third-order valence-electron chi connectivity index (χ3n) is 3.07. The molecule has 1 aromatic carbocycles. The number of hydrogen-bond donors (Lipinski definition) is 1. The summed E-state index contributed by atoms with van der Waals surface area (Å²) in [6.07, 6.45) is 4.49. The summed E-state index contributed by atoms with van der Waals surface area (Å²) in [6.45, 7) is 2.46. The minimum Gasteiger partial charge on any atom is -0.492 e. The third kappa shape index (κ3) is 3.80. The van der Waals surface area contributed by atoms with Gasteiger partial charge < -0.3 is 10.5 Å². The SMILES string of the molecule is CCOc1cncc(C(N)c2ccc(S(C)(=O)=O)cc2)c1. The second kappa shape index (κ2) is 6.24. The van der Waals surface area contributed by atoms with Gasteiger partial charge in [0.25, 0.3) is 0 Å². The highest BCUT2D eigenvalue weighted by Crippen LogP contribution is 2.23. The summed E-state index contributed by atoms with van der Waals surface area (Å²) in [5.74, 6) is 0.665. The molecule has 0 aliphatic carbocycles. The lowest BCUT2D eigenvalue weighted by Crippen LogP contribution is -2.12. The zero-order valence-corrected chi connectivity index (χ0v) is 12.8. The zero-order chi connectivity index (χ0) is 15.5. The Morgan fingerprint density at radius 2 is 1.86 bits per heavy atom. The van der Waals surface area contributed by atoms with Gasteiger partial charge in [-0.15, -0.1) is 0 Å². The fraction of sp³-hybridized carbons (Fsp3) is 0.267. The number of ether oxygens (including phenoxy) is 1. The van der Waals surface area contributed by atoms with E-state index in [1.54, 1.807) is 36.7 Å². The molecule has 0 aliphatic heterocycles. The van der Waals surface area contributed by atoms with Crippen LogP contribution in [0, 0.1) is 0 Å². The van der Waals surface area contributed by atoms with Crippen LogP contribution in [0.4, 0.5) is 0 Å². The van der Waals surface area contributed by atoms with Crippen LogP contribution in [0.2, 0.25) is 0 Å². The second-order valence-electron chi connectivity index (χ2n) is 4.71. The number of rotatable bonds is 5. The lowest BCUT2D eigenvalue weighted by Gasteiger charge is -2.14. The van der Waals surface area contributed by atoms with Crippen molar-refractivity contribution in [2.45, 2.75) is 17.9 Å². The van der Waals surface area contributed by atoms with Gasteiger partial charge in [-0.3, -0.25) is 4.98 Å². The first kappa shape index (κ1) is 15.5. The molecule has 1 aromatic heterocycles. The predicted molar refractivity (Wildman–Crippen MR) is 81.0 cm³/mol. The average molecular weight is 306 g/mol. The molecule has 2 N–H and O–H groups in total. The largest absolute Gasteiger partial charge is 0.492 e.